The van der Waals surface area contributed by atoms with Gasteiger partial charge in [0.1, 0.15) is 30.4 Å². The number of ketones is 1. The Bertz CT molecular complexity index is 1860. The number of hydrogen-bond donors (Lipinski definition) is 6. The van der Waals surface area contributed by atoms with Gasteiger partial charge >= 0.3 is 0 Å². The molecular weight excluding hydrogens is 616 g/mol. The molecule has 6 unspecified atom stereocenters. The predicted octanol–water partition coefficient (Wildman–Crippen LogP) is 4.01. The maximum absolute atomic E-state index is 12.5. The van der Waals surface area contributed by atoms with Gasteiger partial charge in [-0.05, 0) is 84.4 Å². The number of nitrogens with zero attached hydrogens (tertiary/aromatic N) is 1. The zero-order valence-corrected chi connectivity index (χ0v) is 28.2. The number of aliphatic imine (C=N–C) groups is 1. The largest absolute Gasteiger partial charge is 0.504 e. The van der Waals surface area contributed by atoms with Crippen molar-refractivity contribution in [2.75, 3.05) is 13.3 Å². The lowest BCUT2D eigenvalue weighted by Crippen LogP contribution is -3.07. The molecule has 1 fully saturated rings. The zero-order chi connectivity index (χ0) is 33.9. The molecule has 2 aromatic carbocycles. The number of carbonyl (C=O) groups excluding carboxylic acids is 1. The Labute approximate surface area is 287 Å². The second-order valence-electron chi connectivity index (χ2n) is 14.7. The van der Waals surface area contributed by atoms with E-state index in [0.29, 0.717) is 37.8 Å². The van der Waals surface area contributed by atoms with Crippen LogP contribution in [0.1, 0.15) is 93.1 Å². The Morgan fingerprint density at radius 2 is 2.10 bits per heavy atom. The molecule has 9 nitrogen and oxygen atoms in total. The molecule has 0 spiro atoms. The standard InChI is InChI=1S/C40H46N4O5/c1-2-5-24(45)17-26(47)18-25(46)11-9-23-10-14-35(48)36(16-23)49-22-44-20-29-32(19-42-34(29)21-44)40-15-4-8-30(40)27-12-13-33-38(27)37-28(39(41)43-33)6-3-7-31(37)40/h3,6-7,10,13-14,16,19-20,24,26,30,39,43,45,47-48H,2,4-5,8-9,11-12,15,17-18,21-22,41H2,1H3/p+1. The van der Waals surface area contributed by atoms with Crippen LogP contribution in [-0.2, 0) is 16.6 Å². The molecule has 0 bridgehead atoms. The number of Topliss-reactive ketones (excluding diaryl/α,β-unsaturated/α-hetero) is 1. The van der Waals surface area contributed by atoms with E-state index in [1.54, 1.807) is 23.8 Å². The third kappa shape index (κ3) is 5.48. The van der Waals surface area contributed by atoms with Crippen LogP contribution in [0.5, 0.6) is 11.5 Å². The summed E-state index contributed by atoms with van der Waals surface area (Å²) in [5, 5.41) is 34.3. The second kappa shape index (κ2) is 12.7. The number of aliphatic hydroxyl groups is 2. The molecule has 0 amide bonds. The topological polar surface area (TPSA) is 142 Å². The quantitative estimate of drug-likeness (QED) is 0.190. The molecule has 0 saturated heterocycles. The Morgan fingerprint density at radius 1 is 1.22 bits per heavy atom. The van der Waals surface area contributed by atoms with Crippen molar-refractivity contribution < 1.29 is 29.8 Å². The molecule has 8 rings (SSSR count). The van der Waals surface area contributed by atoms with Crippen LogP contribution >= 0.6 is 0 Å². The highest BCUT2D eigenvalue weighted by Crippen LogP contribution is 2.64. The number of rotatable bonds is 13. The number of allylic oxidation sites excluding steroid dienone is 4. The molecule has 3 heterocycles. The first-order chi connectivity index (χ1) is 23.8. The summed E-state index contributed by atoms with van der Waals surface area (Å²) in [7, 11) is 0. The molecular formula is C40H47N4O5+. The van der Waals surface area contributed by atoms with Crippen molar-refractivity contribution >= 4 is 17.1 Å². The van der Waals surface area contributed by atoms with Crippen LogP contribution in [0.2, 0.25) is 0 Å². The number of aliphatic hydroxyl groups excluding tert-OH is 2. The lowest BCUT2D eigenvalue weighted by molar-refractivity contribution is -0.851. The van der Waals surface area contributed by atoms with Crippen molar-refractivity contribution in [3.8, 4) is 11.5 Å². The van der Waals surface area contributed by atoms with E-state index in [0.717, 1.165) is 35.4 Å². The molecule has 6 aliphatic rings. The van der Waals surface area contributed by atoms with Gasteiger partial charge in [-0.25, -0.2) is 0 Å². The summed E-state index contributed by atoms with van der Waals surface area (Å²) in [5.41, 5.74) is 19.1. The van der Waals surface area contributed by atoms with Gasteiger partial charge in [-0.2, -0.15) is 0 Å². The van der Waals surface area contributed by atoms with Crippen molar-refractivity contribution in [2.24, 2.45) is 16.6 Å². The number of carbonyl (C=O) groups is 1. The first kappa shape index (κ1) is 32.2. The number of aryl methyl sites for hydroxylation is 1. The van der Waals surface area contributed by atoms with Gasteiger partial charge in [-0.3, -0.25) is 14.7 Å². The number of fused-ring (bicyclic) bond motifs is 4. The molecule has 3 aliphatic carbocycles. The molecule has 3 aliphatic heterocycles. The fourth-order valence-corrected chi connectivity index (χ4v) is 9.48. The predicted molar refractivity (Wildman–Crippen MR) is 188 cm³/mol. The monoisotopic (exact) mass is 663 g/mol. The number of ether oxygens (including phenoxy) is 1. The Hall–Kier alpha value is -4.02. The molecule has 6 atom stereocenters. The van der Waals surface area contributed by atoms with Gasteiger partial charge in [0.25, 0.3) is 0 Å². The van der Waals surface area contributed by atoms with Gasteiger partial charge in [0.2, 0.25) is 6.73 Å². The molecule has 7 N–H and O–H groups in total. The molecule has 256 valence electrons. The molecule has 49 heavy (non-hydrogen) atoms. The molecule has 1 saturated carbocycles. The smallest absolute Gasteiger partial charge is 0.227 e. The minimum Gasteiger partial charge on any atom is -0.504 e. The van der Waals surface area contributed by atoms with E-state index in [9.17, 15) is 20.1 Å². The van der Waals surface area contributed by atoms with Crippen molar-refractivity contribution in [3.63, 3.8) is 0 Å². The van der Waals surface area contributed by atoms with E-state index < -0.39 is 12.2 Å². The van der Waals surface area contributed by atoms with Crippen molar-refractivity contribution in [1.82, 2.24) is 5.32 Å². The minimum atomic E-state index is -0.835. The van der Waals surface area contributed by atoms with Crippen LogP contribution in [-0.4, -0.2) is 52.3 Å². The highest BCUT2D eigenvalue weighted by atomic mass is 16.5. The zero-order valence-electron chi connectivity index (χ0n) is 28.2. The minimum absolute atomic E-state index is 0.0335. The lowest BCUT2D eigenvalue weighted by atomic mass is 9.57. The van der Waals surface area contributed by atoms with Crippen LogP contribution in [0.3, 0.4) is 0 Å². The van der Waals surface area contributed by atoms with Crippen LogP contribution < -0.4 is 20.7 Å². The van der Waals surface area contributed by atoms with Gasteiger partial charge in [-0.15, -0.1) is 0 Å². The maximum atomic E-state index is 12.5. The summed E-state index contributed by atoms with van der Waals surface area (Å²) in [5.74, 6) is 0.829. The van der Waals surface area contributed by atoms with E-state index in [4.69, 9.17) is 15.5 Å². The van der Waals surface area contributed by atoms with Gasteiger partial charge < -0.3 is 31.1 Å². The maximum Gasteiger partial charge on any atom is 0.227 e. The van der Waals surface area contributed by atoms with Gasteiger partial charge in [0.05, 0.1) is 17.8 Å². The lowest BCUT2D eigenvalue weighted by Gasteiger charge is -2.46. The number of aromatic hydroxyl groups is 1. The summed E-state index contributed by atoms with van der Waals surface area (Å²) in [4.78, 5) is 18.6. The van der Waals surface area contributed by atoms with E-state index in [1.807, 2.05) is 6.92 Å². The van der Waals surface area contributed by atoms with Crippen molar-refractivity contribution in [3.05, 3.63) is 99.5 Å². The SMILES string of the molecule is CCCC(O)CC(O)CC(=O)CCc1ccc(O)c(OC[NH+]2C=C3C(C45CCCC4C4=C6C(=CC4)NC(N)c4cccc5c46)=CN=C3C2)c1. The summed E-state index contributed by atoms with van der Waals surface area (Å²) in [6.45, 7) is 3.02. The molecule has 2 aromatic rings. The van der Waals surface area contributed by atoms with Gasteiger partial charge in [0.15, 0.2) is 11.5 Å². The molecule has 9 heteroatoms. The fraction of sp³-hybridized carbons (Fsp3) is 0.450. The average Bonchev–Trinajstić information content (AvgIpc) is 3.87. The Balaban J connectivity index is 0.962. The Kier molecular flexibility index (Phi) is 8.35. The van der Waals surface area contributed by atoms with Crippen molar-refractivity contribution in [2.45, 2.75) is 94.9 Å². The van der Waals surface area contributed by atoms with Crippen LogP contribution in [0.15, 0.2) is 82.3 Å². The van der Waals surface area contributed by atoms with E-state index >= 15 is 0 Å². The highest BCUT2D eigenvalue weighted by molar-refractivity contribution is 6.09. The van der Waals surface area contributed by atoms with E-state index in [2.05, 4.69) is 42.0 Å². The summed E-state index contributed by atoms with van der Waals surface area (Å²) >= 11 is 0. The third-order valence-electron chi connectivity index (χ3n) is 11.6. The number of benzene rings is 2. The summed E-state index contributed by atoms with van der Waals surface area (Å²) in [6.07, 6.45) is 11.9. The normalized spacial score (nSPS) is 27.0. The number of quaternary nitrogens is 1. The third-order valence-corrected chi connectivity index (χ3v) is 11.6. The van der Waals surface area contributed by atoms with Gasteiger partial charge in [-0.1, -0.05) is 55.7 Å². The van der Waals surface area contributed by atoms with Gasteiger partial charge in [0, 0.05) is 35.7 Å². The number of nitrogens with two attached hydrogens (primary N) is 1. The molecule has 0 aromatic heterocycles. The van der Waals surface area contributed by atoms with Crippen LogP contribution in [0.25, 0.3) is 5.57 Å². The van der Waals surface area contributed by atoms with E-state index in [1.165, 1.54) is 51.9 Å². The first-order valence-corrected chi connectivity index (χ1v) is 18.0. The number of phenolic OH excluding ortho intramolecular Hbond substituents is 1. The Morgan fingerprint density at radius 3 is 2.96 bits per heavy atom. The number of hydrogen-bond acceptors (Lipinski definition) is 8. The van der Waals surface area contributed by atoms with Crippen LogP contribution in [0, 0.1) is 5.92 Å². The number of nitrogens with one attached hydrogen (secondary N) is 2. The first-order valence-electron chi connectivity index (χ1n) is 18.0. The van der Waals surface area contributed by atoms with Crippen molar-refractivity contribution in [1.29, 1.82) is 0 Å². The number of phenols is 1. The second-order valence-corrected chi connectivity index (χ2v) is 14.7. The summed E-state index contributed by atoms with van der Waals surface area (Å²) < 4.78 is 6.20. The van der Waals surface area contributed by atoms with Crippen LogP contribution in [0.4, 0.5) is 0 Å². The van der Waals surface area contributed by atoms with E-state index in [-0.39, 0.29) is 42.4 Å². The fourth-order valence-electron chi connectivity index (χ4n) is 9.48. The highest BCUT2D eigenvalue weighted by Gasteiger charge is 2.57. The average molecular weight is 664 g/mol. The molecule has 0 radical (unpaired) electrons. The summed E-state index contributed by atoms with van der Waals surface area (Å²) in [6, 6.07) is 11.9.